The SMILES string of the molecule is O=S(=O)(Nc1ccc(O)cc1Cl)c1cncc(Br)c1. The highest BCUT2D eigenvalue weighted by Gasteiger charge is 2.16. The molecule has 0 amide bonds. The van der Waals surface area contributed by atoms with Crippen molar-refractivity contribution in [1.29, 1.82) is 0 Å². The first-order valence-electron chi connectivity index (χ1n) is 5.00. The number of hydrogen-bond donors (Lipinski definition) is 2. The number of nitrogens with one attached hydrogen (secondary N) is 1. The van der Waals surface area contributed by atoms with Gasteiger partial charge in [-0.1, -0.05) is 11.6 Å². The molecule has 0 fully saturated rings. The van der Waals surface area contributed by atoms with E-state index in [1.807, 2.05) is 0 Å². The maximum atomic E-state index is 12.1. The second-order valence-electron chi connectivity index (χ2n) is 3.61. The summed E-state index contributed by atoms with van der Waals surface area (Å²) in [5.74, 6) is -0.0444. The molecule has 5 nitrogen and oxygen atoms in total. The van der Waals surface area contributed by atoms with Crippen molar-refractivity contribution in [3.05, 3.63) is 46.2 Å². The number of phenolic OH excluding ortho intramolecular Hbond substituents is 1. The lowest BCUT2D eigenvalue weighted by molar-refractivity contribution is 0.475. The van der Waals surface area contributed by atoms with Gasteiger partial charge in [0.25, 0.3) is 10.0 Å². The number of hydrogen-bond acceptors (Lipinski definition) is 4. The molecule has 0 aliphatic rings. The van der Waals surface area contributed by atoms with Gasteiger partial charge in [-0.2, -0.15) is 0 Å². The Morgan fingerprint density at radius 2 is 2.00 bits per heavy atom. The van der Waals surface area contributed by atoms with Crippen LogP contribution in [0.4, 0.5) is 5.69 Å². The molecule has 0 atom stereocenters. The van der Waals surface area contributed by atoms with Crippen LogP contribution in [0.25, 0.3) is 0 Å². The first-order valence-corrected chi connectivity index (χ1v) is 7.66. The van der Waals surface area contributed by atoms with Crippen molar-refractivity contribution < 1.29 is 13.5 Å². The highest BCUT2D eigenvalue weighted by atomic mass is 79.9. The first-order chi connectivity index (χ1) is 8.88. The second kappa shape index (κ2) is 5.36. The average molecular weight is 364 g/mol. The summed E-state index contributed by atoms with van der Waals surface area (Å²) in [6, 6.07) is 5.38. The molecule has 1 aromatic heterocycles. The molecule has 0 unspecified atom stereocenters. The van der Waals surface area contributed by atoms with E-state index in [4.69, 9.17) is 11.6 Å². The second-order valence-corrected chi connectivity index (χ2v) is 6.61. The molecule has 1 aromatic carbocycles. The molecule has 0 spiro atoms. The van der Waals surface area contributed by atoms with Crippen LogP contribution in [0.5, 0.6) is 5.75 Å². The topological polar surface area (TPSA) is 79.3 Å². The van der Waals surface area contributed by atoms with Crippen LogP contribution in [0, 0.1) is 0 Å². The van der Waals surface area contributed by atoms with Gasteiger partial charge in [-0.3, -0.25) is 9.71 Å². The fraction of sp³-hybridized carbons (Fsp3) is 0. The van der Waals surface area contributed by atoms with Gasteiger partial charge in [0.2, 0.25) is 0 Å². The molecule has 0 aliphatic carbocycles. The number of benzene rings is 1. The first kappa shape index (κ1) is 14.1. The van der Waals surface area contributed by atoms with Gasteiger partial charge in [-0.25, -0.2) is 8.42 Å². The van der Waals surface area contributed by atoms with Crippen LogP contribution in [0.1, 0.15) is 0 Å². The molecule has 2 rings (SSSR count). The standard InChI is InChI=1S/C11H8BrClN2O3S/c12-7-3-9(6-14-5-7)19(17,18)15-11-2-1-8(16)4-10(11)13/h1-6,15-16H. The summed E-state index contributed by atoms with van der Waals surface area (Å²) >= 11 is 8.99. The Morgan fingerprint density at radius 3 is 2.63 bits per heavy atom. The van der Waals surface area contributed by atoms with Gasteiger partial charge < -0.3 is 5.11 Å². The Hall–Kier alpha value is -1.31. The molecule has 0 saturated heterocycles. The molecule has 0 saturated carbocycles. The Labute approximate surface area is 123 Å². The maximum absolute atomic E-state index is 12.1. The van der Waals surface area contributed by atoms with E-state index in [0.29, 0.717) is 4.47 Å². The number of pyridine rings is 1. The number of anilines is 1. The predicted octanol–water partition coefficient (Wildman–Crippen LogP) is 3.00. The van der Waals surface area contributed by atoms with Crippen LogP contribution in [0.2, 0.25) is 5.02 Å². The van der Waals surface area contributed by atoms with Crippen LogP contribution in [-0.4, -0.2) is 18.5 Å². The summed E-state index contributed by atoms with van der Waals surface area (Å²) < 4.78 is 27.1. The van der Waals surface area contributed by atoms with Crippen LogP contribution in [0.3, 0.4) is 0 Å². The number of phenols is 1. The highest BCUT2D eigenvalue weighted by molar-refractivity contribution is 9.10. The van der Waals surface area contributed by atoms with Gasteiger partial charge in [0, 0.05) is 22.9 Å². The third-order valence-corrected chi connectivity index (χ3v) is 4.27. The minimum Gasteiger partial charge on any atom is -0.508 e. The van der Waals surface area contributed by atoms with E-state index in [-0.39, 0.29) is 21.4 Å². The minimum atomic E-state index is -3.78. The van der Waals surface area contributed by atoms with E-state index in [1.54, 1.807) is 0 Å². The predicted molar refractivity (Wildman–Crippen MR) is 75.9 cm³/mol. The van der Waals surface area contributed by atoms with E-state index >= 15 is 0 Å². The van der Waals surface area contributed by atoms with E-state index in [2.05, 4.69) is 25.6 Å². The average Bonchev–Trinajstić information content (AvgIpc) is 2.33. The molecular formula is C11H8BrClN2O3S. The molecule has 0 radical (unpaired) electrons. The molecule has 2 aromatic rings. The quantitative estimate of drug-likeness (QED) is 0.822. The van der Waals surface area contributed by atoms with Gasteiger partial charge in [0.15, 0.2) is 0 Å². The summed E-state index contributed by atoms with van der Waals surface area (Å²) in [5.41, 5.74) is 0.180. The van der Waals surface area contributed by atoms with Gasteiger partial charge in [-0.05, 0) is 34.1 Å². The van der Waals surface area contributed by atoms with Crippen molar-refractivity contribution in [2.45, 2.75) is 4.90 Å². The fourth-order valence-corrected chi connectivity index (χ4v) is 3.19. The lowest BCUT2D eigenvalue weighted by Crippen LogP contribution is -2.13. The zero-order chi connectivity index (χ0) is 14.0. The van der Waals surface area contributed by atoms with E-state index in [0.717, 1.165) is 0 Å². The zero-order valence-corrected chi connectivity index (χ0v) is 12.5. The van der Waals surface area contributed by atoms with Crippen LogP contribution < -0.4 is 4.72 Å². The lowest BCUT2D eigenvalue weighted by Gasteiger charge is -2.09. The van der Waals surface area contributed by atoms with Crippen molar-refractivity contribution in [1.82, 2.24) is 4.98 Å². The minimum absolute atomic E-state index is 0.00557. The summed E-state index contributed by atoms with van der Waals surface area (Å²) in [6.45, 7) is 0. The van der Waals surface area contributed by atoms with Crippen molar-refractivity contribution in [3.63, 3.8) is 0 Å². The summed E-state index contributed by atoms with van der Waals surface area (Å²) in [5, 5.41) is 9.31. The van der Waals surface area contributed by atoms with Gasteiger partial charge in [0.05, 0.1) is 10.7 Å². The molecule has 1 heterocycles. The maximum Gasteiger partial charge on any atom is 0.263 e. The van der Waals surface area contributed by atoms with Crippen LogP contribution >= 0.6 is 27.5 Å². The number of aromatic nitrogens is 1. The molecular weight excluding hydrogens is 356 g/mol. The number of halogens is 2. The molecule has 0 aliphatic heterocycles. The third-order valence-electron chi connectivity index (χ3n) is 2.19. The van der Waals surface area contributed by atoms with Crippen LogP contribution in [0.15, 0.2) is 46.0 Å². The summed E-state index contributed by atoms with van der Waals surface area (Å²) in [7, 11) is -3.78. The van der Waals surface area contributed by atoms with Gasteiger partial charge in [-0.15, -0.1) is 0 Å². The van der Waals surface area contributed by atoms with Crippen molar-refractivity contribution >= 4 is 43.2 Å². The Morgan fingerprint density at radius 1 is 1.26 bits per heavy atom. The van der Waals surface area contributed by atoms with E-state index in [9.17, 15) is 13.5 Å². The van der Waals surface area contributed by atoms with Gasteiger partial charge in [0.1, 0.15) is 10.6 Å². The molecule has 100 valence electrons. The number of aromatic hydroxyl groups is 1. The monoisotopic (exact) mass is 362 g/mol. The molecule has 0 bridgehead atoms. The zero-order valence-electron chi connectivity index (χ0n) is 9.34. The normalized spacial score (nSPS) is 11.3. The Bertz CT molecular complexity index is 722. The van der Waals surface area contributed by atoms with Gasteiger partial charge >= 0.3 is 0 Å². The van der Waals surface area contributed by atoms with Crippen molar-refractivity contribution in [2.75, 3.05) is 4.72 Å². The Balaban J connectivity index is 2.36. The summed E-state index contributed by atoms with van der Waals surface area (Å²) in [4.78, 5) is 3.80. The third kappa shape index (κ3) is 3.37. The Kier molecular flexibility index (Phi) is 3.98. The van der Waals surface area contributed by atoms with E-state index < -0.39 is 10.0 Å². The summed E-state index contributed by atoms with van der Waals surface area (Å²) in [6.07, 6.45) is 2.70. The lowest BCUT2D eigenvalue weighted by atomic mass is 10.3. The largest absolute Gasteiger partial charge is 0.508 e. The number of rotatable bonds is 3. The molecule has 19 heavy (non-hydrogen) atoms. The molecule has 2 N–H and O–H groups in total. The smallest absolute Gasteiger partial charge is 0.263 e. The fourth-order valence-electron chi connectivity index (χ4n) is 1.33. The highest BCUT2D eigenvalue weighted by Crippen LogP contribution is 2.28. The number of sulfonamides is 1. The van der Waals surface area contributed by atoms with Crippen molar-refractivity contribution in [2.24, 2.45) is 0 Å². The number of nitrogens with zero attached hydrogens (tertiary/aromatic N) is 1. The molecule has 8 heteroatoms. The van der Waals surface area contributed by atoms with Crippen molar-refractivity contribution in [3.8, 4) is 5.75 Å². The van der Waals surface area contributed by atoms with E-state index in [1.165, 1.54) is 36.7 Å². The van der Waals surface area contributed by atoms with Crippen LogP contribution in [-0.2, 0) is 10.0 Å².